The topological polar surface area (TPSA) is 62.2 Å². The number of fused-ring (bicyclic) bond motifs is 1. The molecule has 0 saturated carbocycles. The van der Waals surface area contributed by atoms with E-state index in [1.54, 1.807) is 12.3 Å². The van der Waals surface area contributed by atoms with Gasteiger partial charge < -0.3 is 10.4 Å². The molecule has 0 aliphatic rings. The van der Waals surface area contributed by atoms with E-state index in [9.17, 15) is 9.90 Å². The zero-order valence-corrected chi connectivity index (χ0v) is 13.3. The van der Waals surface area contributed by atoms with Crippen LogP contribution in [0.2, 0.25) is 0 Å². The van der Waals surface area contributed by atoms with Gasteiger partial charge in [0.1, 0.15) is 5.52 Å². The summed E-state index contributed by atoms with van der Waals surface area (Å²) >= 11 is 0. The van der Waals surface area contributed by atoms with Crippen molar-refractivity contribution in [3.8, 4) is 5.75 Å². The zero-order valence-electron chi connectivity index (χ0n) is 13.3. The molecule has 4 nitrogen and oxygen atoms in total. The third-order valence-electron chi connectivity index (χ3n) is 3.98. The number of nitrogens with one attached hydrogen (secondary N) is 1. The second-order valence-corrected chi connectivity index (χ2v) is 5.61. The number of hydrogen-bond acceptors (Lipinski definition) is 3. The number of hydrogen-bond donors (Lipinski definition) is 2. The molecule has 0 bridgehead atoms. The molecule has 0 radical (unpaired) electrons. The van der Waals surface area contributed by atoms with Crippen molar-refractivity contribution < 1.29 is 9.90 Å². The highest BCUT2D eigenvalue weighted by molar-refractivity contribution is 6.02. The number of carbonyl (C=O) groups is 1. The van der Waals surface area contributed by atoms with E-state index in [0.29, 0.717) is 11.1 Å². The second-order valence-electron chi connectivity index (χ2n) is 5.61. The molecule has 22 heavy (non-hydrogen) atoms. The lowest BCUT2D eigenvalue weighted by Crippen LogP contribution is -2.34. The molecule has 1 aromatic carbocycles. The number of phenolic OH excluding ortho intramolecular Hbond substituents is 1. The Morgan fingerprint density at radius 2 is 2.09 bits per heavy atom. The molecular formula is C18H24N2O2. The van der Waals surface area contributed by atoms with Crippen LogP contribution in [0.25, 0.3) is 10.9 Å². The number of amides is 1. The highest BCUT2D eigenvalue weighted by Crippen LogP contribution is 2.26. The Hall–Kier alpha value is -2.10. The molecule has 1 aromatic heterocycles. The lowest BCUT2D eigenvalue weighted by Gasteiger charge is -2.17. The maximum Gasteiger partial charge on any atom is 0.255 e. The van der Waals surface area contributed by atoms with Crippen molar-refractivity contribution in [1.82, 2.24) is 10.3 Å². The predicted octanol–water partition coefficient (Wildman–Crippen LogP) is 4.03. The first-order valence-electron chi connectivity index (χ1n) is 8.04. The first-order valence-corrected chi connectivity index (χ1v) is 8.04. The van der Waals surface area contributed by atoms with Crippen molar-refractivity contribution in [2.24, 2.45) is 0 Å². The molecule has 1 atom stereocenters. The van der Waals surface area contributed by atoms with E-state index in [4.69, 9.17) is 0 Å². The summed E-state index contributed by atoms with van der Waals surface area (Å²) in [6, 6.07) is 7.30. The number of carbonyl (C=O) groups excluding carboxylic acids is 1. The molecule has 118 valence electrons. The van der Waals surface area contributed by atoms with E-state index in [1.165, 1.54) is 12.8 Å². The molecule has 4 heteroatoms. The Bertz CT molecular complexity index is 640. The van der Waals surface area contributed by atoms with E-state index in [-0.39, 0.29) is 17.7 Å². The Balaban J connectivity index is 2.13. The minimum atomic E-state index is -0.228. The number of unbranched alkanes of at least 4 members (excludes halogenated alkanes) is 2. The van der Waals surface area contributed by atoms with Gasteiger partial charge in [-0.3, -0.25) is 9.78 Å². The second kappa shape index (κ2) is 7.78. The molecule has 2 aromatic rings. The average molecular weight is 300 g/mol. The van der Waals surface area contributed by atoms with Crippen LogP contribution in [0.1, 0.15) is 56.3 Å². The van der Waals surface area contributed by atoms with Crippen molar-refractivity contribution in [3.05, 3.63) is 36.0 Å². The summed E-state index contributed by atoms with van der Waals surface area (Å²) in [7, 11) is 0. The van der Waals surface area contributed by atoms with Crippen LogP contribution in [0, 0.1) is 0 Å². The summed E-state index contributed by atoms with van der Waals surface area (Å²) < 4.78 is 0. The quantitative estimate of drug-likeness (QED) is 0.759. The SMILES string of the molecule is CCCCCC(CC)NC(=O)c1ccc2cccnc2c1O. The lowest BCUT2D eigenvalue weighted by atomic mass is 10.0. The highest BCUT2D eigenvalue weighted by Gasteiger charge is 2.17. The number of aromatic nitrogens is 1. The van der Waals surface area contributed by atoms with Gasteiger partial charge in [-0.05, 0) is 25.0 Å². The van der Waals surface area contributed by atoms with Crippen LogP contribution in [0.4, 0.5) is 0 Å². The van der Waals surface area contributed by atoms with Crippen molar-refractivity contribution >= 4 is 16.8 Å². The molecule has 1 unspecified atom stereocenters. The largest absolute Gasteiger partial charge is 0.505 e. The molecule has 0 spiro atoms. The van der Waals surface area contributed by atoms with Crippen LogP contribution in [0.5, 0.6) is 5.75 Å². The molecule has 0 aliphatic heterocycles. The van der Waals surface area contributed by atoms with Gasteiger partial charge in [0.05, 0.1) is 5.56 Å². The van der Waals surface area contributed by atoms with Gasteiger partial charge in [0.2, 0.25) is 0 Å². The van der Waals surface area contributed by atoms with Gasteiger partial charge in [-0.15, -0.1) is 0 Å². The number of nitrogens with zero attached hydrogens (tertiary/aromatic N) is 1. The van der Waals surface area contributed by atoms with Crippen molar-refractivity contribution in [2.45, 2.75) is 52.0 Å². The molecule has 0 aliphatic carbocycles. The number of aromatic hydroxyl groups is 1. The van der Waals surface area contributed by atoms with E-state index in [0.717, 1.165) is 24.6 Å². The number of benzene rings is 1. The monoisotopic (exact) mass is 300 g/mol. The van der Waals surface area contributed by atoms with Gasteiger partial charge in [-0.1, -0.05) is 45.2 Å². The fourth-order valence-electron chi connectivity index (χ4n) is 2.60. The molecule has 1 heterocycles. The Morgan fingerprint density at radius 1 is 1.27 bits per heavy atom. The van der Waals surface area contributed by atoms with E-state index in [2.05, 4.69) is 24.1 Å². The molecule has 1 amide bonds. The summed E-state index contributed by atoms with van der Waals surface area (Å²) in [5.74, 6) is -0.271. The Labute approximate surface area is 131 Å². The van der Waals surface area contributed by atoms with E-state index in [1.807, 2.05) is 18.2 Å². The van der Waals surface area contributed by atoms with Gasteiger partial charge in [-0.2, -0.15) is 0 Å². The maximum atomic E-state index is 12.4. The Kier molecular flexibility index (Phi) is 5.75. The highest BCUT2D eigenvalue weighted by atomic mass is 16.3. The van der Waals surface area contributed by atoms with E-state index < -0.39 is 0 Å². The van der Waals surface area contributed by atoms with Gasteiger partial charge in [0.15, 0.2) is 5.75 Å². The van der Waals surface area contributed by atoms with Gasteiger partial charge in [0.25, 0.3) is 5.91 Å². The van der Waals surface area contributed by atoms with Crippen molar-refractivity contribution in [3.63, 3.8) is 0 Å². The molecule has 0 saturated heterocycles. The summed E-state index contributed by atoms with van der Waals surface area (Å²) in [6.07, 6.45) is 6.94. The van der Waals surface area contributed by atoms with Crippen LogP contribution in [0.3, 0.4) is 0 Å². The van der Waals surface area contributed by atoms with Gasteiger partial charge >= 0.3 is 0 Å². The first-order chi connectivity index (χ1) is 10.7. The van der Waals surface area contributed by atoms with Crippen molar-refractivity contribution in [1.29, 1.82) is 0 Å². The van der Waals surface area contributed by atoms with Crippen LogP contribution in [-0.4, -0.2) is 22.0 Å². The predicted molar refractivity (Wildman–Crippen MR) is 89.1 cm³/mol. The summed E-state index contributed by atoms with van der Waals surface area (Å²) in [5, 5.41) is 14.1. The summed E-state index contributed by atoms with van der Waals surface area (Å²) in [5.41, 5.74) is 0.759. The summed E-state index contributed by atoms with van der Waals surface area (Å²) in [6.45, 7) is 4.23. The maximum absolute atomic E-state index is 12.4. The minimum Gasteiger partial charge on any atom is -0.505 e. The fraction of sp³-hybridized carbons (Fsp3) is 0.444. The normalized spacial score (nSPS) is 12.3. The van der Waals surface area contributed by atoms with Crippen LogP contribution in [0.15, 0.2) is 30.5 Å². The third-order valence-corrected chi connectivity index (χ3v) is 3.98. The fourth-order valence-corrected chi connectivity index (χ4v) is 2.60. The van der Waals surface area contributed by atoms with Gasteiger partial charge in [0, 0.05) is 17.6 Å². The molecule has 0 fully saturated rings. The molecule has 2 N–H and O–H groups in total. The minimum absolute atomic E-state index is 0.0426. The Morgan fingerprint density at radius 3 is 2.82 bits per heavy atom. The number of phenols is 1. The summed E-state index contributed by atoms with van der Waals surface area (Å²) in [4.78, 5) is 16.6. The smallest absolute Gasteiger partial charge is 0.255 e. The molecular weight excluding hydrogens is 276 g/mol. The lowest BCUT2D eigenvalue weighted by molar-refractivity contribution is 0.0931. The number of pyridine rings is 1. The number of rotatable bonds is 7. The van der Waals surface area contributed by atoms with E-state index >= 15 is 0 Å². The average Bonchev–Trinajstić information content (AvgIpc) is 2.54. The van der Waals surface area contributed by atoms with Crippen LogP contribution < -0.4 is 5.32 Å². The molecule has 2 rings (SSSR count). The zero-order chi connectivity index (χ0) is 15.9. The first kappa shape index (κ1) is 16.3. The van der Waals surface area contributed by atoms with Gasteiger partial charge in [-0.25, -0.2) is 0 Å². The standard InChI is InChI=1S/C18H24N2O2/c1-3-5-6-9-14(4-2)20-18(22)15-11-10-13-8-7-12-19-16(13)17(15)21/h7-8,10-12,14,21H,3-6,9H2,1-2H3,(H,20,22). The van der Waals surface area contributed by atoms with Crippen LogP contribution >= 0.6 is 0 Å². The van der Waals surface area contributed by atoms with Crippen molar-refractivity contribution in [2.75, 3.05) is 0 Å². The van der Waals surface area contributed by atoms with Crippen LogP contribution in [-0.2, 0) is 0 Å². The third kappa shape index (κ3) is 3.75.